The Balaban J connectivity index is 2.09. The van der Waals surface area contributed by atoms with Gasteiger partial charge >= 0.3 is 0 Å². The molecule has 3 nitrogen and oxygen atoms in total. The average Bonchev–Trinajstić information content (AvgIpc) is 2.38. The van der Waals surface area contributed by atoms with Gasteiger partial charge in [-0.15, -0.1) is 0 Å². The first kappa shape index (κ1) is 16.9. The summed E-state index contributed by atoms with van der Waals surface area (Å²) in [7, 11) is 2.22. The number of hydrogen-bond acceptors (Lipinski definition) is 3. The number of hydrogen-bond donors (Lipinski definition) is 1. The molecule has 1 heterocycles. The maximum atomic E-state index is 3.66. The lowest BCUT2D eigenvalue weighted by Gasteiger charge is -2.43. The van der Waals surface area contributed by atoms with Gasteiger partial charge in [-0.25, -0.2) is 0 Å². The number of rotatable bonds is 9. The van der Waals surface area contributed by atoms with Gasteiger partial charge in [0.25, 0.3) is 0 Å². The highest BCUT2D eigenvalue weighted by molar-refractivity contribution is 4.86. The van der Waals surface area contributed by atoms with E-state index >= 15 is 0 Å². The van der Waals surface area contributed by atoms with Gasteiger partial charge in [-0.2, -0.15) is 0 Å². The Bertz CT molecular complexity index is 220. The highest BCUT2D eigenvalue weighted by atomic mass is 15.3. The van der Waals surface area contributed by atoms with Gasteiger partial charge in [-0.1, -0.05) is 32.6 Å². The van der Waals surface area contributed by atoms with Gasteiger partial charge in [-0.05, 0) is 33.9 Å². The van der Waals surface area contributed by atoms with Gasteiger partial charge in [0.15, 0.2) is 0 Å². The minimum absolute atomic E-state index is 0.296. The molecule has 114 valence electrons. The summed E-state index contributed by atoms with van der Waals surface area (Å²) >= 11 is 0. The van der Waals surface area contributed by atoms with Crippen molar-refractivity contribution in [1.82, 2.24) is 15.1 Å². The third-order valence-corrected chi connectivity index (χ3v) is 4.37. The van der Waals surface area contributed by atoms with Gasteiger partial charge < -0.3 is 10.2 Å². The number of nitrogens with zero attached hydrogens (tertiary/aromatic N) is 2. The van der Waals surface area contributed by atoms with Crippen molar-refractivity contribution in [3.8, 4) is 0 Å². The van der Waals surface area contributed by atoms with Crippen LogP contribution in [0.25, 0.3) is 0 Å². The van der Waals surface area contributed by atoms with Crippen LogP contribution in [-0.2, 0) is 0 Å². The van der Waals surface area contributed by atoms with E-state index in [1.165, 1.54) is 64.8 Å². The number of nitrogens with one attached hydrogen (secondary N) is 1. The van der Waals surface area contributed by atoms with Crippen molar-refractivity contribution in [2.24, 2.45) is 0 Å². The maximum Gasteiger partial charge on any atom is 0.0278 e. The Morgan fingerprint density at radius 1 is 0.947 bits per heavy atom. The Morgan fingerprint density at radius 2 is 1.58 bits per heavy atom. The monoisotopic (exact) mass is 269 g/mol. The Morgan fingerprint density at radius 3 is 2.21 bits per heavy atom. The molecule has 0 atom stereocenters. The van der Waals surface area contributed by atoms with Crippen LogP contribution in [-0.4, -0.2) is 61.7 Å². The summed E-state index contributed by atoms with van der Waals surface area (Å²) in [5.41, 5.74) is 0.296. The third-order valence-electron chi connectivity index (χ3n) is 4.37. The SMILES string of the molecule is CCCCCCCNCC(C)(C)N1CCN(C)CC1. The molecular formula is C16H35N3. The van der Waals surface area contributed by atoms with Crippen LogP contribution < -0.4 is 5.32 Å². The van der Waals surface area contributed by atoms with Gasteiger partial charge in [0.05, 0.1) is 0 Å². The van der Waals surface area contributed by atoms with Crippen molar-refractivity contribution in [3.05, 3.63) is 0 Å². The van der Waals surface area contributed by atoms with Gasteiger partial charge in [0.2, 0.25) is 0 Å². The van der Waals surface area contributed by atoms with Crippen LogP contribution in [0.1, 0.15) is 52.9 Å². The molecule has 0 aromatic rings. The average molecular weight is 269 g/mol. The molecule has 0 radical (unpaired) electrons. The van der Waals surface area contributed by atoms with Crippen LogP contribution in [0, 0.1) is 0 Å². The molecular weight excluding hydrogens is 234 g/mol. The smallest absolute Gasteiger partial charge is 0.0278 e. The molecule has 1 fully saturated rings. The molecule has 19 heavy (non-hydrogen) atoms. The topological polar surface area (TPSA) is 18.5 Å². The Labute approximate surface area is 120 Å². The van der Waals surface area contributed by atoms with E-state index in [0.717, 1.165) is 6.54 Å². The zero-order valence-corrected chi connectivity index (χ0v) is 13.7. The molecule has 1 N–H and O–H groups in total. The number of piperazine rings is 1. The fourth-order valence-electron chi connectivity index (χ4n) is 2.77. The first-order valence-electron chi connectivity index (χ1n) is 8.20. The first-order chi connectivity index (χ1) is 9.06. The van der Waals surface area contributed by atoms with E-state index in [9.17, 15) is 0 Å². The summed E-state index contributed by atoms with van der Waals surface area (Å²) in [6, 6.07) is 0. The number of likely N-dealkylation sites (N-methyl/N-ethyl adjacent to an activating group) is 1. The lowest BCUT2D eigenvalue weighted by molar-refractivity contribution is 0.0620. The molecule has 0 unspecified atom stereocenters. The molecule has 0 amide bonds. The van der Waals surface area contributed by atoms with E-state index in [-0.39, 0.29) is 0 Å². The van der Waals surface area contributed by atoms with Gasteiger partial charge in [0.1, 0.15) is 0 Å². The second kappa shape index (κ2) is 8.93. The predicted octanol–water partition coefficient (Wildman–Crippen LogP) is 2.57. The molecule has 1 rings (SSSR count). The summed E-state index contributed by atoms with van der Waals surface area (Å²) in [6.45, 7) is 14.2. The molecule has 0 aliphatic carbocycles. The van der Waals surface area contributed by atoms with Crippen molar-refractivity contribution < 1.29 is 0 Å². The summed E-state index contributed by atoms with van der Waals surface area (Å²) in [5, 5.41) is 3.66. The predicted molar refractivity (Wildman–Crippen MR) is 84.8 cm³/mol. The van der Waals surface area contributed by atoms with E-state index in [1.807, 2.05) is 0 Å². The maximum absolute atomic E-state index is 3.66. The molecule has 0 saturated carbocycles. The molecule has 0 spiro atoms. The van der Waals surface area contributed by atoms with Crippen molar-refractivity contribution >= 4 is 0 Å². The van der Waals surface area contributed by atoms with Gasteiger partial charge in [0, 0.05) is 38.3 Å². The van der Waals surface area contributed by atoms with Crippen molar-refractivity contribution in [3.63, 3.8) is 0 Å². The summed E-state index contributed by atoms with van der Waals surface area (Å²) in [6.07, 6.45) is 6.85. The quantitative estimate of drug-likeness (QED) is 0.649. The largest absolute Gasteiger partial charge is 0.315 e. The lowest BCUT2D eigenvalue weighted by atomic mass is 10.0. The van der Waals surface area contributed by atoms with E-state index in [0.29, 0.717) is 5.54 Å². The molecule has 0 aromatic heterocycles. The molecule has 1 aliphatic rings. The van der Waals surface area contributed by atoms with Crippen LogP contribution in [0.3, 0.4) is 0 Å². The molecule has 0 bridgehead atoms. The van der Waals surface area contributed by atoms with E-state index in [2.05, 4.69) is 42.9 Å². The van der Waals surface area contributed by atoms with Crippen LogP contribution in [0.4, 0.5) is 0 Å². The van der Waals surface area contributed by atoms with Crippen molar-refractivity contribution in [2.75, 3.05) is 46.3 Å². The zero-order valence-electron chi connectivity index (χ0n) is 13.7. The zero-order chi connectivity index (χ0) is 14.1. The number of unbranched alkanes of at least 4 members (excludes halogenated alkanes) is 4. The summed E-state index contributed by atoms with van der Waals surface area (Å²) in [5.74, 6) is 0. The van der Waals surface area contributed by atoms with Crippen LogP contribution in [0.5, 0.6) is 0 Å². The van der Waals surface area contributed by atoms with E-state index < -0.39 is 0 Å². The second-order valence-corrected chi connectivity index (χ2v) is 6.69. The normalized spacial score (nSPS) is 18.9. The van der Waals surface area contributed by atoms with Gasteiger partial charge in [-0.3, -0.25) is 4.90 Å². The first-order valence-corrected chi connectivity index (χ1v) is 8.20. The molecule has 0 aromatic carbocycles. The van der Waals surface area contributed by atoms with E-state index in [1.54, 1.807) is 0 Å². The van der Waals surface area contributed by atoms with E-state index in [4.69, 9.17) is 0 Å². The molecule has 1 aliphatic heterocycles. The molecule has 1 saturated heterocycles. The Hall–Kier alpha value is -0.120. The molecule has 3 heteroatoms. The minimum atomic E-state index is 0.296. The van der Waals surface area contributed by atoms with Crippen molar-refractivity contribution in [1.29, 1.82) is 0 Å². The summed E-state index contributed by atoms with van der Waals surface area (Å²) < 4.78 is 0. The van der Waals surface area contributed by atoms with Crippen LogP contribution in [0.15, 0.2) is 0 Å². The Kier molecular flexibility index (Phi) is 7.96. The second-order valence-electron chi connectivity index (χ2n) is 6.69. The fraction of sp³-hybridized carbons (Fsp3) is 1.00. The minimum Gasteiger partial charge on any atom is -0.315 e. The third kappa shape index (κ3) is 6.73. The van der Waals surface area contributed by atoms with Crippen molar-refractivity contribution in [2.45, 2.75) is 58.4 Å². The van der Waals surface area contributed by atoms with Crippen LogP contribution in [0.2, 0.25) is 0 Å². The lowest BCUT2D eigenvalue weighted by Crippen LogP contribution is -2.57. The highest BCUT2D eigenvalue weighted by Crippen LogP contribution is 2.15. The standard InChI is InChI=1S/C16H35N3/c1-5-6-7-8-9-10-17-15-16(2,3)19-13-11-18(4)12-14-19/h17H,5-15H2,1-4H3. The summed E-state index contributed by atoms with van der Waals surface area (Å²) in [4.78, 5) is 5.06. The van der Waals surface area contributed by atoms with Crippen LogP contribution >= 0.6 is 0 Å². The highest BCUT2D eigenvalue weighted by Gasteiger charge is 2.28. The fourth-order valence-corrected chi connectivity index (χ4v) is 2.77.